The molecule has 0 aliphatic rings. The molecule has 0 aromatic heterocycles. The minimum Gasteiger partial charge on any atom is -0.332 e. The van der Waals surface area contributed by atoms with Crippen LogP contribution in [0, 0.1) is 12.8 Å². The second-order valence-corrected chi connectivity index (χ2v) is 4.88. The Kier molecular flexibility index (Phi) is 5.10. The summed E-state index contributed by atoms with van der Waals surface area (Å²) in [5.74, 6) is 0.280. The lowest BCUT2D eigenvalue weighted by atomic mass is 10.1. The summed E-state index contributed by atoms with van der Waals surface area (Å²) in [4.78, 5) is 11.5. The Labute approximate surface area is 108 Å². The molecule has 0 aliphatic heterocycles. The molecule has 0 atom stereocenters. The lowest BCUT2D eigenvalue weighted by Crippen LogP contribution is -2.34. The molecule has 1 aromatic rings. The highest BCUT2D eigenvalue weighted by Crippen LogP contribution is 2.09. The van der Waals surface area contributed by atoms with Crippen molar-refractivity contribution in [2.24, 2.45) is 5.92 Å². The number of carbonyl (C=O) groups is 1. The maximum atomic E-state index is 11.5. The van der Waals surface area contributed by atoms with Crippen molar-refractivity contribution in [3.05, 3.63) is 29.8 Å². The van der Waals surface area contributed by atoms with E-state index >= 15 is 0 Å². The van der Waals surface area contributed by atoms with Crippen molar-refractivity contribution in [2.45, 2.75) is 27.2 Å². The number of nitrogens with one attached hydrogen (secondary N) is 2. The molecule has 0 radical (unpaired) electrons. The molecule has 0 unspecified atom stereocenters. The zero-order valence-corrected chi connectivity index (χ0v) is 11.2. The predicted octanol–water partition coefficient (Wildman–Crippen LogP) is 2.85. The van der Waals surface area contributed by atoms with Crippen molar-refractivity contribution in [1.29, 1.82) is 0 Å². The van der Waals surface area contributed by atoms with Crippen LogP contribution in [0.2, 0.25) is 0 Å². The summed E-state index contributed by atoms with van der Waals surface area (Å²) in [6.07, 6.45) is 0.482. The smallest absolute Gasteiger partial charge is 0.226 e. The lowest BCUT2D eigenvalue weighted by Gasteiger charge is -2.10. The van der Waals surface area contributed by atoms with E-state index in [0.717, 1.165) is 11.3 Å². The Balaban J connectivity index is 2.47. The zero-order chi connectivity index (χ0) is 12.8. The fraction of sp³-hybridized carbons (Fsp3) is 0.385. The van der Waals surface area contributed by atoms with Gasteiger partial charge in [0.2, 0.25) is 5.91 Å². The first-order valence-electron chi connectivity index (χ1n) is 5.65. The first-order valence-corrected chi connectivity index (χ1v) is 6.05. The van der Waals surface area contributed by atoms with Gasteiger partial charge in [-0.15, -0.1) is 0 Å². The van der Waals surface area contributed by atoms with Crippen LogP contribution in [-0.4, -0.2) is 11.0 Å². The normalized spacial score (nSPS) is 10.1. The standard InChI is InChI=1S/C13H18N2OS/c1-9(2)7-12(16)15-13(17)14-11-6-4-5-10(3)8-11/h4-6,8-9H,7H2,1-3H3,(H2,14,15,16,17). The number of hydrogen-bond acceptors (Lipinski definition) is 2. The Bertz CT molecular complexity index is 416. The highest BCUT2D eigenvalue weighted by Gasteiger charge is 2.06. The van der Waals surface area contributed by atoms with Crippen LogP contribution >= 0.6 is 12.2 Å². The molecule has 0 aliphatic carbocycles. The number of rotatable bonds is 3. The number of amides is 1. The van der Waals surface area contributed by atoms with Gasteiger partial charge < -0.3 is 10.6 Å². The van der Waals surface area contributed by atoms with Gasteiger partial charge in [-0.25, -0.2) is 0 Å². The van der Waals surface area contributed by atoms with Crippen molar-refractivity contribution >= 4 is 28.9 Å². The summed E-state index contributed by atoms with van der Waals surface area (Å²) in [5, 5.41) is 6.00. The van der Waals surface area contributed by atoms with Crippen LogP contribution in [0.25, 0.3) is 0 Å². The maximum Gasteiger partial charge on any atom is 0.226 e. The highest BCUT2D eigenvalue weighted by atomic mass is 32.1. The fourth-order valence-electron chi connectivity index (χ4n) is 1.43. The number of anilines is 1. The molecule has 0 fully saturated rings. The van der Waals surface area contributed by atoms with Gasteiger partial charge >= 0.3 is 0 Å². The second-order valence-electron chi connectivity index (χ2n) is 4.47. The average Bonchev–Trinajstić information content (AvgIpc) is 2.14. The van der Waals surface area contributed by atoms with E-state index in [2.05, 4.69) is 10.6 Å². The quantitative estimate of drug-likeness (QED) is 0.811. The number of aryl methyl sites for hydroxylation is 1. The Hall–Kier alpha value is -1.42. The number of carbonyl (C=O) groups excluding carboxylic acids is 1. The largest absolute Gasteiger partial charge is 0.332 e. The van der Waals surface area contributed by atoms with Gasteiger partial charge in [-0.1, -0.05) is 26.0 Å². The molecule has 1 aromatic carbocycles. The van der Waals surface area contributed by atoms with Crippen LogP contribution < -0.4 is 10.6 Å². The molecule has 0 heterocycles. The molecule has 0 bridgehead atoms. The summed E-state index contributed by atoms with van der Waals surface area (Å²) in [5.41, 5.74) is 2.03. The predicted molar refractivity (Wildman–Crippen MR) is 75.0 cm³/mol. The molecule has 1 rings (SSSR count). The Morgan fingerprint density at radius 1 is 1.41 bits per heavy atom. The third-order valence-electron chi connectivity index (χ3n) is 2.12. The first kappa shape index (κ1) is 13.6. The van der Waals surface area contributed by atoms with Crippen LogP contribution in [0.5, 0.6) is 0 Å². The molecule has 0 spiro atoms. The molecule has 4 heteroatoms. The molecule has 2 N–H and O–H groups in total. The lowest BCUT2D eigenvalue weighted by molar-refractivity contribution is -0.120. The topological polar surface area (TPSA) is 41.1 Å². The van der Waals surface area contributed by atoms with Gasteiger partial charge in [0.15, 0.2) is 5.11 Å². The van der Waals surface area contributed by atoms with E-state index in [4.69, 9.17) is 12.2 Å². The Morgan fingerprint density at radius 2 is 2.12 bits per heavy atom. The maximum absolute atomic E-state index is 11.5. The molecule has 92 valence electrons. The van der Waals surface area contributed by atoms with Gasteiger partial charge in [-0.3, -0.25) is 4.79 Å². The van der Waals surface area contributed by atoms with E-state index in [1.54, 1.807) is 0 Å². The van der Waals surface area contributed by atoms with Crippen molar-refractivity contribution < 1.29 is 4.79 Å². The van der Waals surface area contributed by atoms with Crippen molar-refractivity contribution in [3.8, 4) is 0 Å². The summed E-state index contributed by atoms with van der Waals surface area (Å²) in [7, 11) is 0. The van der Waals surface area contributed by atoms with Crippen LogP contribution in [0.3, 0.4) is 0 Å². The Morgan fingerprint density at radius 3 is 2.71 bits per heavy atom. The van der Waals surface area contributed by atoms with E-state index in [9.17, 15) is 4.79 Å². The minimum atomic E-state index is -0.0508. The zero-order valence-electron chi connectivity index (χ0n) is 10.4. The summed E-state index contributed by atoms with van der Waals surface area (Å²) < 4.78 is 0. The third-order valence-corrected chi connectivity index (χ3v) is 2.33. The molecular formula is C13H18N2OS. The van der Waals surface area contributed by atoms with Crippen LogP contribution in [0.4, 0.5) is 5.69 Å². The summed E-state index contributed by atoms with van der Waals surface area (Å²) in [6.45, 7) is 6.00. The van der Waals surface area contributed by atoms with Crippen LogP contribution in [-0.2, 0) is 4.79 Å². The highest BCUT2D eigenvalue weighted by molar-refractivity contribution is 7.80. The summed E-state index contributed by atoms with van der Waals surface area (Å²) >= 11 is 5.07. The van der Waals surface area contributed by atoms with Gasteiger partial charge in [0, 0.05) is 12.1 Å². The average molecular weight is 250 g/mol. The molecule has 1 amide bonds. The van der Waals surface area contributed by atoms with Gasteiger partial charge in [0.25, 0.3) is 0 Å². The minimum absolute atomic E-state index is 0.0508. The van der Waals surface area contributed by atoms with Crippen molar-refractivity contribution in [3.63, 3.8) is 0 Å². The monoisotopic (exact) mass is 250 g/mol. The van der Waals surface area contributed by atoms with Gasteiger partial charge in [-0.05, 0) is 42.8 Å². The molecule has 3 nitrogen and oxygen atoms in total. The third kappa shape index (κ3) is 5.45. The van der Waals surface area contributed by atoms with E-state index < -0.39 is 0 Å². The van der Waals surface area contributed by atoms with Crippen LogP contribution in [0.15, 0.2) is 24.3 Å². The molecular weight excluding hydrogens is 232 g/mol. The van der Waals surface area contributed by atoms with Gasteiger partial charge in [0.1, 0.15) is 0 Å². The van der Waals surface area contributed by atoms with Crippen molar-refractivity contribution in [2.75, 3.05) is 5.32 Å². The SMILES string of the molecule is Cc1cccc(NC(=S)NC(=O)CC(C)C)c1. The van der Waals surface area contributed by atoms with E-state index in [-0.39, 0.29) is 5.91 Å². The number of benzene rings is 1. The van der Waals surface area contributed by atoms with Crippen molar-refractivity contribution in [1.82, 2.24) is 5.32 Å². The molecule has 0 saturated heterocycles. The van der Waals surface area contributed by atoms with Crippen LogP contribution in [0.1, 0.15) is 25.8 Å². The number of hydrogen-bond donors (Lipinski definition) is 2. The number of thiocarbonyl (C=S) groups is 1. The first-order chi connectivity index (χ1) is 7.97. The van der Waals surface area contributed by atoms with E-state index in [1.165, 1.54) is 0 Å². The molecule has 0 saturated carbocycles. The summed E-state index contributed by atoms with van der Waals surface area (Å²) in [6, 6.07) is 7.83. The van der Waals surface area contributed by atoms with E-state index in [0.29, 0.717) is 17.5 Å². The van der Waals surface area contributed by atoms with Gasteiger partial charge in [-0.2, -0.15) is 0 Å². The van der Waals surface area contributed by atoms with Gasteiger partial charge in [0.05, 0.1) is 0 Å². The molecule has 17 heavy (non-hydrogen) atoms. The van der Waals surface area contributed by atoms with E-state index in [1.807, 2.05) is 45.0 Å². The second kappa shape index (κ2) is 6.35. The fourth-order valence-corrected chi connectivity index (χ4v) is 1.67.